The molecule has 2 aromatic rings. The van der Waals surface area contributed by atoms with Crippen molar-refractivity contribution < 1.29 is 9.53 Å². The highest BCUT2D eigenvalue weighted by molar-refractivity contribution is 8.21. The van der Waals surface area contributed by atoms with Crippen LogP contribution in [-0.2, 0) is 11.4 Å². The number of halogens is 1. The van der Waals surface area contributed by atoms with Crippen molar-refractivity contribution in [2.24, 2.45) is 5.10 Å². The van der Waals surface area contributed by atoms with Crippen molar-refractivity contribution in [1.82, 2.24) is 5.43 Å². The molecule has 0 aromatic heterocycles. The minimum Gasteiger partial charge on any atom is -0.488 e. The van der Waals surface area contributed by atoms with E-state index in [4.69, 9.17) is 16.3 Å². The summed E-state index contributed by atoms with van der Waals surface area (Å²) in [4.78, 5) is 12.1. The van der Waals surface area contributed by atoms with Gasteiger partial charge in [-0.1, -0.05) is 41.9 Å². The number of hydrogen-bond acceptors (Lipinski definition) is 5. The molecular weight excluding hydrogens is 400 g/mol. The number of hydrogen-bond donors (Lipinski definition) is 1. The maximum atomic E-state index is 12.1. The summed E-state index contributed by atoms with van der Waals surface area (Å²) in [6.07, 6.45) is 2.06. The van der Waals surface area contributed by atoms with E-state index < -0.39 is 0 Å². The van der Waals surface area contributed by atoms with Crippen LogP contribution in [0.15, 0.2) is 53.6 Å². The summed E-state index contributed by atoms with van der Waals surface area (Å²) in [5.41, 5.74) is 4.33. The van der Waals surface area contributed by atoms with Crippen molar-refractivity contribution in [2.45, 2.75) is 24.0 Å². The molecule has 0 unspecified atom stereocenters. The fourth-order valence-corrected chi connectivity index (χ4v) is 5.67. The number of thioether (sulfide) groups is 2. The number of carbonyl (C=O) groups excluding carboxylic acids is 1. The van der Waals surface area contributed by atoms with Crippen LogP contribution in [-0.4, -0.2) is 27.7 Å². The summed E-state index contributed by atoms with van der Waals surface area (Å²) >= 11 is 9.83. The first-order valence-electron chi connectivity index (χ1n) is 8.61. The van der Waals surface area contributed by atoms with Gasteiger partial charge in [0.05, 0.1) is 16.7 Å². The Bertz CT molecular complexity index is 823. The molecule has 7 heteroatoms. The molecule has 142 valence electrons. The second-order valence-corrected chi connectivity index (χ2v) is 10.1. The van der Waals surface area contributed by atoms with Crippen LogP contribution >= 0.6 is 35.1 Å². The maximum absolute atomic E-state index is 12.1. The van der Waals surface area contributed by atoms with Gasteiger partial charge in [-0.05, 0) is 25.1 Å². The third-order valence-corrected chi connectivity index (χ3v) is 7.69. The van der Waals surface area contributed by atoms with E-state index in [9.17, 15) is 4.79 Å². The van der Waals surface area contributed by atoms with Gasteiger partial charge in [0.2, 0.25) is 5.91 Å². The second kappa shape index (κ2) is 9.53. The molecule has 1 N–H and O–H groups in total. The van der Waals surface area contributed by atoms with Gasteiger partial charge >= 0.3 is 0 Å². The molecule has 0 spiro atoms. The van der Waals surface area contributed by atoms with Gasteiger partial charge in [-0.25, -0.2) is 5.43 Å². The molecule has 1 aliphatic heterocycles. The van der Waals surface area contributed by atoms with Crippen molar-refractivity contribution in [3.05, 3.63) is 64.7 Å². The second-order valence-electron chi connectivity index (χ2n) is 6.22. The Morgan fingerprint density at radius 3 is 2.70 bits per heavy atom. The molecule has 1 amide bonds. The first-order valence-corrected chi connectivity index (χ1v) is 11.0. The van der Waals surface area contributed by atoms with E-state index in [0.717, 1.165) is 22.6 Å². The molecule has 0 radical (unpaired) electrons. The molecule has 3 rings (SSSR count). The summed E-state index contributed by atoms with van der Waals surface area (Å²) in [5, 5.41) is 4.77. The van der Waals surface area contributed by atoms with Crippen molar-refractivity contribution in [1.29, 1.82) is 0 Å². The Morgan fingerprint density at radius 2 is 1.93 bits per heavy atom. The van der Waals surface area contributed by atoms with Gasteiger partial charge in [-0.3, -0.25) is 4.79 Å². The van der Waals surface area contributed by atoms with Gasteiger partial charge in [0.25, 0.3) is 0 Å². The standard InChI is InChI=1S/C20H21ClN2O2S2/c1-20(26-10-11-27-20)12-19(24)23-22-13-15-6-3-5-9-18(15)25-14-16-7-2-4-8-17(16)21/h2-9,13H,10-12,14H2,1H3,(H,23,24)/b22-13+. The first-order chi connectivity index (χ1) is 13.1. The van der Waals surface area contributed by atoms with Crippen LogP contribution < -0.4 is 10.2 Å². The third-order valence-electron chi connectivity index (χ3n) is 4.03. The highest BCUT2D eigenvalue weighted by Gasteiger charge is 2.32. The Hall–Kier alpha value is -1.63. The van der Waals surface area contributed by atoms with Crippen LogP contribution in [0.3, 0.4) is 0 Å². The lowest BCUT2D eigenvalue weighted by Crippen LogP contribution is -2.26. The van der Waals surface area contributed by atoms with Gasteiger partial charge in [0.15, 0.2) is 0 Å². The summed E-state index contributed by atoms with van der Waals surface area (Å²) in [7, 11) is 0. The highest BCUT2D eigenvalue weighted by atomic mass is 35.5. The first kappa shape index (κ1) is 20.1. The number of nitrogens with zero attached hydrogens (tertiary/aromatic N) is 1. The molecule has 1 fully saturated rings. The van der Waals surface area contributed by atoms with Gasteiger partial charge in [0.1, 0.15) is 12.4 Å². The average molecular weight is 421 g/mol. The van der Waals surface area contributed by atoms with E-state index in [0.29, 0.717) is 23.8 Å². The van der Waals surface area contributed by atoms with Crippen molar-refractivity contribution >= 4 is 47.2 Å². The van der Waals surface area contributed by atoms with Gasteiger partial charge in [0, 0.05) is 27.7 Å². The van der Waals surface area contributed by atoms with E-state index in [1.165, 1.54) is 0 Å². The molecule has 0 aliphatic carbocycles. The molecule has 27 heavy (non-hydrogen) atoms. The zero-order chi connectivity index (χ0) is 19.1. The van der Waals surface area contributed by atoms with Gasteiger partial charge in [-0.2, -0.15) is 5.10 Å². The van der Waals surface area contributed by atoms with E-state index in [2.05, 4.69) is 17.5 Å². The Labute approximate surface area is 173 Å². The molecule has 0 saturated carbocycles. The lowest BCUT2D eigenvalue weighted by atomic mass is 10.2. The van der Waals surface area contributed by atoms with Crippen LogP contribution in [0.25, 0.3) is 0 Å². The lowest BCUT2D eigenvalue weighted by Gasteiger charge is -2.19. The van der Waals surface area contributed by atoms with Crippen molar-refractivity contribution in [3.63, 3.8) is 0 Å². The molecule has 2 aromatic carbocycles. The Morgan fingerprint density at radius 1 is 1.22 bits per heavy atom. The SMILES string of the molecule is CC1(CC(=O)N/N=C/c2ccccc2OCc2ccccc2Cl)SCCS1. The lowest BCUT2D eigenvalue weighted by molar-refractivity contribution is -0.121. The molecule has 0 atom stereocenters. The molecule has 4 nitrogen and oxygen atoms in total. The minimum atomic E-state index is -0.0786. The number of nitrogens with one attached hydrogen (secondary N) is 1. The fraction of sp³-hybridized carbons (Fsp3) is 0.300. The van der Waals surface area contributed by atoms with Crippen molar-refractivity contribution in [3.8, 4) is 5.75 Å². The quantitative estimate of drug-likeness (QED) is 0.508. The van der Waals surface area contributed by atoms with Crippen LogP contribution in [0, 0.1) is 0 Å². The summed E-state index contributed by atoms with van der Waals surface area (Å²) in [6.45, 7) is 2.47. The highest BCUT2D eigenvalue weighted by Crippen LogP contribution is 2.45. The van der Waals surface area contributed by atoms with Gasteiger partial charge in [-0.15, -0.1) is 23.5 Å². The molecule has 1 saturated heterocycles. The fourth-order valence-electron chi connectivity index (χ4n) is 2.65. The largest absolute Gasteiger partial charge is 0.488 e. The number of hydrazone groups is 1. The van der Waals surface area contributed by atoms with Gasteiger partial charge < -0.3 is 4.74 Å². The molecule has 0 bridgehead atoms. The minimum absolute atomic E-state index is 0.0461. The van der Waals surface area contributed by atoms with Crippen LogP contribution in [0.2, 0.25) is 5.02 Å². The summed E-state index contributed by atoms with van der Waals surface area (Å²) < 4.78 is 5.84. The van der Waals surface area contributed by atoms with Crippen molar-refractivity contribution in [2.75, 3.05) is 11.5 Å². The Kier molecular flexibility index (Phi) is 7.10. The molecule has 1 aliphatic rings. The predicted molar refractivity (Wildman–Crippen MR) is 116 cm³/mol. The number of rotatable bonds is 7. The Balaban J connectivity index is 1.57. The van der Waals surface area contributed by atoms with E-state index >= 15 is 0 Å². The predicted octanol–water partition coefficient (Wildman–Crippen LogP) is 4.96. The third kappa shape index (κ3) is 5.92. The van der Waals surface area contributed by atoms with E-state index in [1.807, 2.05) is 72.1 Å². The topological polar surface area (TPSA) is 50.7 Å². The monoisotopic (exact) mass is 420 g/mol. The molecule has 1 heterocycles. The zero-order valence-corrected chi connectivity index (χ0v) is 17.4. The maximum Gasteiger partial charge on any atom is 0.242 e. The normalized spacial score (nSPS) is 15.8. The van der Waals surface area contributed by atoms with E-state index in [-0.39, 0.29) is 9.99 Å². The van der Waals surface area contributed by atoms with Crippen LogP contribution in [0.4, 0.5) is 0 Å². The van der Waals surface area contributed by atoms with Crippen LogP contribution in [0.5, 0.6) is 5.75 Å². The number of ether oxygens (including phenoxy) is 1. The van der Waals surface area contributed by atoms with Crippen LogP contribution in [0.1, 0.15) is 24.5 Å². The summed E-state index contributed by atoms with van der Waals surface area (Å²) in [6, 6.07) is 15.1. The number of para-hydroxylation sites is 1. The number of benzene rings is 2. The zero-order valence-electron chi connectivity index (χ0n) is 15.0. The summed E-state index contributed by atoms with van der Waals surface area (Å²) in [5.74, 6) is 2.79. The smallest absolute Gasteiger partial charge is 0.242 e. The number of carbonyl (C=O) groups is 1. The average Bonchev–Trinajstić information content (AvgIpc) is 3.08. The van der Waals surface area contributed by atoms with E-state index in [1.54, 1.807) is 6.21 Å². The molecular formula is C20H21ClN2O2S2. The number of amides is 1.